The number of aromatic nitrogens is 2. The average Bonchev–Trinajstić information content (AvgIpc) is 2.84. The molecule has 16 heavy (non-hydrogen) atoms. The summed E-state index contributed by atoms with van der Waals surface area (Å²) in [6.45, 7) is 3.17. The molecule has 2 heterocycles. The van der Waals surface area contributed by atoms with Gasteiger partial charge in [-0.15, -0.1) is 0 Å². The molecule has 5 nitrogen and oxygen atoms in total. The van der Waals surface area contributed by atoms with Crippen LogP contribution in [-0.2, 0) is 16.0 Å². The van der Waals surface area contributed by atoms with E-state index in [2.05, 4.69) is 14.7 Å². The van der Waals surface area contributed by atoms with Gasteiger partial charge in [-0.05, 0) is 19.8 Å². The van der Waals surface area contributed by atoms with E-state index in [4.69, 9.17) is 4.74 Å². The summed E-state index contributed by atoms with van der Waals surface area (Å²) in [4.78, 5) is 15.1. The van der Waals surface area contributed by atoms with Crippen LogP contribution in [0.4, 0.5) is 5.13 Å². The minimum atomic E-state index is 0.0866. The van der Waals surface area contributed by atoms with Gasteiger partial charge in [-0.25, -0.2) is 4.98 Å². The fraction of sp³-hybridized carbons (Fsp3) is 0.700. The van der Waals surface area contributed by atoms with Crippen molar-refractivity contribution >= 4 is 22.4 Å². The average molecular weight is 241 g/mol. The number of rotatable bonds is 5. The highest BCUT2D eigenvalue weighted by Gasteiger charge is 2.15. The smallest absolute Gasteiger partial charge is 0.202 e. The van der Waals surface area contributed by atoms with Crippen LogP contribution in [0.25, 0.3) is 0 Å². The van der Waals surface area contributed by atoms with Gasteiger partial charge in [-0.3, -0.25) is 4.79 Å². The quantitative estimate of drug-likeness (QED) is 0.840. The van der Waals surface area contributed by atoms with E-state index in [0.29, 0.717) is 18.3 Å². The Morgan fingerprint density at radius 2 is 2.56 bits per heavy atom. The molecule has 1 unspecified atom stereocenters. The van der Waals surface area contributed by atoms with Crippen molar-refractivity contribution in [3.8, 4) is 0 Å². The maximum absolute atomic E-state index is 10.9. The third-order valence-corrected chi connectivity index (χ3v) is 3.09. The predicted molar refractivity (Wildman–Crippen MR) is 61.8 cm³/mol. The van der Waals surface area contributed by atoms with E-state index in [9.17, 15) is 4.79 Å². The first kappa shape index (κ1) is 11.5. The Labute approximate surface area is 98.4 Å². The lowest BCUT2D eigenvalue weighted by Gasteiger charge is -2.08. The SMILES string of the molecule is CC(=O)Cc1nsc(NCC2CCCO2)n1. The van der Waals surface area contributed by atoms with Crippen LogP contribution < -0.4 is 5.32 Å². The molecular weight excluding hydrogens is 226 g/mol. The van der Waals surface area contributed by atoms with E-state index in [-0.39, 0.29) is 5.78 Å². The van der Waals surface area contributed by atoms with Crippen molar-refractivity contribution in [1.29, 1.82) is 0 Å². The van der Waals surface area contributed by atoms with E-state index in [1.165, 1.54) is 11.5 Å². The monoisotopic (exact) mass is 241 g/mol. The molecule has 1 atom stereocenters. The molecule has 1 aliphatic rings. The molecule has 1 aromatic rings. The molecule has 1 saturated heterocycles. The molecule has 2 rings (SSSR count). The molecule has 1 fully saturated rings. The van der Waals surface area contributed by atoms with Crippen molar-refractivity contribution in [3.63, 3.8) is 0 Å². The lowest BCUT2D eigenvalue weighted by Crippen LogP contribution is -2.18. The van der Waals surface area contributed by atoms with Crippen LogP contribution >= 0.6 is 11.5 Å². The first-order chi connectivity index (χ1) is 7.74. The minimum absolute atomic E-state index is 0.0866. The minimum Gasteiger partial charge on any atom is -0.376 e. The molecule has 0 bridgehead atoms. The lowest BCUT2D eigenvalue weighted by atomic mass is 10.2. The summed E-state index contributed by atoms with van der Waals surface area (Å²) in [5, 5.41) is 3.96. The second kappa shape index (κ2) is 5.36. The summed E-state index contributed by atoms with van der Waals surface area (Å²) in [6.07, 6.45) is 2.85. The van der Waals surface area contributed by atoms with Crippen molar-refractivity contribution in [2.24, 2.45) is 0 Å². The number of carbonyl (C=O) groups is 1. The number of nitrogens with one attached hydrogen (secondary N) is 1. The molecule has 1 aliphatic heterocycles. The molecule has 0 aromatic carbocycles. The standard InChI is InChI=1S/C10H15N3O2S/c1-7(14)5-9-12-10(16-13-9)11-6-8-3-2-4-15-8/h8H,2-6H2,1H3,(H,11,12,13). The normalized spacial score (nSPS) is 19.9. The summed E-state index contributed by atoms with van der Waals surface area (Å²) >= 11 is 1.29. The van der Waals surface area contributed by atoms with Crippen LogP contribution in [0.1, 0.15) is 25.6 Å². The van der Waals surface area contributed by atoms with Gasteiger partial charge in [0.15, 0.2) is 5.82 Å². The number of Topliss-reactive ketones (excluding diaryl/α,β-unsaturated/α-hetero) is 1. The van der Waals surface area contributed by atoms with Crippen molar-refractivity contribution in [2.45, 2.75) is 32.3 Å². The molecule has 0 amide bonds. The molecular formula is C10H15N3O2S. The topological polar surface area (TPSA) is 64.1 Å². The predicted octanol–water partition coefficient (Wildman–Crippen LogP) is 1.26. The Hall–Kier alpha value is -1.01. The fourth-order valence-electron chi connectivity index (χ4n) is 1.63. The molecule has 6 heteroatoms. The Kier molecular flexibility index (Phi) is 3.84. The van der Waals surface area contributed by atoms with Gasteiger partial charge in [0.1, 0.15) is 5.78 Å². The Morgan fingerprint density at radius 1 is 1.69 bits per heavy atom. The van der Waals surface area contributed by atoms with Gasteiger partial charge in [0.05, 0.1) is 12.5 Å². The zero-order valence-corrected chi connectivity index (χ0v) is 10.0. The van der Waals surface area contributed by atoms with E-state index >= 15 is 0 Å². The number of anilines is 1. The molecule has 0 spiro atoms. The Bertz CT molecular complexity index is 361. The summed E-state index contributed by atoms with van der Waals surface area (Å²) in [6, 6.07) is 0. The maximum Gasteiger partial charge on any atom is 0.202 e. The van der Waals surface area contributed by atoms with E-state index in [1.54, 1.807) is 6.92 Å². The molecule has 1 N–H and O–H groups in total. The Balaban J connectivity index is 1.80. The second-order valence-corrected chi connectivity index (χ2v) is 4.66. The highest BCUT2D eigenvalue weighted by atomic mass is 32.1. The van der Waals surface area contributed by atoms with Gasteiger partial charge in [0.25, 0.3) is 0 Å². The molecule has 88 valence electrons. The van der Waals surface area contributed by atoms with Crippen LogP contribution in [0.5, 0.6) is 0 Å². The summed E-state index contributed by atoms with van der Waals surface area (Å²) < 4.78 is 9.59. The van der Waals surface area contributed by atoms with Crippen LogP contribution in [0.15, 0.2) is 0 Å². The fourth-order valence-corrected chi connectivity index (χ4v) is 2.22. The third-order valence-electron chi connectivity index (χ3n) is 2.38. The van der Waals surface area contributed by atoms with Crippen LogP contribution in [0.3, 0.4) is 0 Å². The maximum atomic E-state index is 10.9. The van der Waals surface area contributed by atoms with Gasteiger partial charge in [-0.1, -0.05) is 0 Å². The molecule has 0 radical (unpaired) electrons. The van der Waals surface area contributed by atoms with Crippen molar-refractivity contribution in [3.05, 3.63) is 5.82 Å². The van der Waals surface area contributed by atoms with Crippen LogP contribution in [0.2, 0.25) is 0 Å². The highest BCUT2D eigenvalue weighted by molar-refractivity contribution is 7.09. The Morgan fingerprint density at radius 3 is 3.25 bits per heavy atom. The molecule has 0 aliphatic carbocycles. The second-order valence-electron chi connectivity index (χ2n) is 3.91. The first-order valence-electron chi connectivity index (χ1n) is 5.41. The van der Waals surface area contributed by atoms with Gasteiger partial charge in [0, 0.05) is 24.7 Å². The van der Waals surface area contributed by atoms with Gasteiger partial charge in [-0.2, -0.15) is 4.37 Å². The number of nitrogens with zero attached hydrogens (tertiary/aromatic N) is 2. The van der Waals surface area contributed by atoms with E-state index in [1.807, 2.05) is 0 Å². The number of ether oxygens (including phenoxy) is 1. The first-order valence-corrected chi connectivity index (χ1v) is 6.19. The van der Waals surface area contributed by atoms with Gasteiger partial charge in [0.2, 0.25) is 5.13 Å². The zero-order valence-electron chi connectivity index (χ0n) is 9.23. The van der Waals surface area contributed by atoms with Gasteiger partial charge < -0.3 is 10.1 Å². The van der Waals surface area contributed by atoms with Crippen LogP contribution in [-0.4, -0.2) is 34.4 Å². The number of hydrogen-bond acceptors (Lipinski definition) is 6. The van der Waals surface area contributed by atoms with E-state index < -0.39 is 0 Å². The zero-order chi connectivity index (χ0) is 11.4. The van der Waals surface area contributed by atoms with Crippen LogP contribution in [0, 0.1) is 0 Å². The third kappa shape index (κ3) is 3.24. The number of hydrogen-bond donors (Lipinski definition) is 1. The summed E-state index contributed by atoms with van der Waals surface area (Å²) in [5.41, 5.74) is 0. The number of ketones is 1. The van der Waals surface area contributed by atoms with Gasteiger partial charge >= 0.3 is 0 Å². The van der Waals surface area contributed by atoms with E-state index in [0.717, 1.165) is 31.1 Å². The highest BCUT2D eigenvalue weighted by Crippen LogP contribution is 2.15. The van der Waals surface area contributed by atoms with Crippen molar-refractivity contribution in [2.75, 3.05) is 18.5 Å². The molecule has 1 aromatic heterocycles. The summed E-state index contributed by atoms with van der Waals surface area (Å²) in [7, 11) is 0. The number of carbonyl (C=O) groups excluding carboxylic acids is 1. The lowest BCUT2D eigenvalue weighted by molar-refractivity contribution is -0.116. The summed E-state index contributed by atoms with van der Waals surface area (Å²) in [5.74, 6) is 0.691. The molecule has 0 saturated carbocycles. The largest absolute Gasteiger partial charge is 0.376 e. The van der Waals surface area contributed by atoms with Crippen molar-refractivity contribution in [1.82, 2.24) is 9.36 Å². The van der Waals surface area contributed by atoms with Crippen molar-refractivity contribution < 1.29 is 9.53 Å².